The van der Waals surface area contributed by atoms with Crippen molar-refractivity contribution in [2.45, 2.75) is 13.8 Å². The highest BCUT2D eigenvalue weighted by atomic mass is 16.2. The normalized spacial score (nSPS) is 18.9. The van der Waals surface area contributed by atoms with Crippen molar-refractivity contribution in [2.75, 3.05) is 33.2 Å². The Morgan fingerprint density at radius 1 is 1.47 bits per heavy atom. The fourth-order valence-corrected chi connectivity index (χ4v) is 1.75. The zero-order chi connectivity index (χ0) is 11.4. The summed E-state index contributed by atoms with van der Waals surface area (Å²) in [5, 5.41) is 3.03. The van der Waals surface area contributed by atoms with Gasteiger partial charge in [0.15, 0.2) is 0 Å². The number of carbonyl (C=O) groups excluding carboxylic acids is 2. The summed E-state index contributed by atoms with van der Waals surface area (Å²) < 4.78 is 0. The molecule has 1 N–H and O–H groups in total. The SMILES string of the molecule is CCN1CC(=O)N(CC(C)CNC)C1=O. The first kappa shape index (κ1) is 12.0. The van der Waals surface area contributed by atoms with Crippen LogP contribution in [0.1, 0.15) is 13.8 Å². The van der Waals surface area contributed by atoms with Gasteiger partial charge >= 0.3 is 6.03 Å². The molecule has 0 saturated carbocycles. The monoisotopic (exact) mass is 213 g/mol. The number of likely N-dealkylation sites (N-methyl/N-ethyl adjacent to an activating group) is 1. The van der Waals surface area contributed by atoms with Crippen LogP contribution in [0.4, 0.5) is 4.79 Å². The average molecular weight is 213 g/mol. The van der Waals surface area contributed by atoms with E-state index in [0.717, 1.165) is 6.54 Å². The second kappa shape index (κ2) is 5.11. The van der Waals surface area contributed by atoms with Gasteiger partial charge in [-0.15, -0.1) is 0 Å². The summed E-state index contributed by atoms with van der Waals surface area (Å²) in [6, 6.07) is -0.148. The molecule has 1 saturated heterocycles. The molecule has 86 valence electrons. The highest BCUT2D eigenvalue weighted by Crippen LogP contribution is 2.11. The first-order valence-corrected chi connectivity index (χ1v) is 5.34. The Kier molecular flexibility index (Phi) is 4.08. The van der Waals surface area contributed by atoms with Crippen molar-refractivity contribution in [1.29, 1.82) is 0 Å². The van der Waals surface area contributed by atoms with Crippen LogP contribution in [0.5, 0.6) is 0 Å². The molecule has 5 heteroatoms. The van der Waals surface area contributed by atoms with Gasteiger partial charge in [-0.1, -0.05) is 6.92 Å². The molecule has 15 heavy (non-hydrogen) atoms. The highest BCUT2D eigenvalue weighted by molar-refractivity contribution is 6.01. The summed E-state index contributed by atoms with van der Waals surface area (Å²) in [5.41, 5.74) is 0. The van der Waals surface area contributed by atoms with E-state index in [4.69, 9.17) is 0 Å². The third-order valence-corrected chi connectivity index (χ3v) is 2.56. The lowest BCUT2D eigenvalue weighted by molar-refractivity contribution is -0.125. The van der Waals surface area contributed by atoms with E-state index >= 15 is 0 Å². The van der Waals surface area contributed by atoms with Crippen LogP contribution < -0.4 is 5.32 Å². The largest absolute Gasteiger partial charge is 0.327 e. The number of urea groups is 1. The Labute approximate surface area is 90.4 Å². The Bertz CT molecular complexity index is 255. The molecule has 3 amide bonds. The van der Waals surface area contributed by atoms with Crippen LogP contribution in [-0.2, 0) is 4.79 Å². The van der Waals surface area contributed by atoms with Gasteiger partial charge in [0.2, 0.25) is 5.91 Å². The lowest BCUT2D eigenvalue weighted by atomic mass is 10.1. The molecule has 1 rings (SSSR count). The van der Waals surface area contributed by atoms with Gasteiger partial charge in [-0.05, 0) is 26.4 Å². The van der Waals surface area contributed by atoms with Gasteiger partial charge in [-0.2, -0.15) is 0 Å². The minimum absolute atomic E-state index is 0.0789. The van der Waals surface area contributed by atoms with Crippen molar-refractivity contribution in [3.8, 4) is 0 Å². The molecule has 1 atom stereocenters. The van der Waals surface area contributed by atoms with E-state index in [2.05, 4.69) is 5.32 Å². The summed E-state index contributed by atoms with van der Waals surface area (Å²) in [4.78, 5) is 26.2. The van der Waals surface area contributed by atoms with Gasteiger partial charge in [-0.3, -0.25) is 9.69 Å². The molecule has 1 aliphatic rings. The number of hydrogen-bond acceptors (Lipinski definition) is 3. The quantitative estimate of drug-likeness (QED) is 0.660. The Morgan fingerprint density at radius 3 is 2.60 bits per heavy atom. The molecule has 0 bridgehead atoms. The number of carbonyl (C=O) groups is 2. The molecule has 1 fully saturated rings. The topological polar surface area (TPSA) is 52.7 Å². The maximum atomic E-state index is 11.7. The van der Waals surface area contributed by atoms with Crippen molar-refractivity contribution in [1.82, 2.24) is 15.1 Å². The van der Waals surface area contributed by atoms with Crippen LogP contribution in [-0.4, -0.2) is 55.0 Å². The van der Waals surface area contributed by atoms with Gasteiger partial charge in [0.25, 0.3) is 0 Å². The lowest BCUT2D eigenvalue weighted by Crippen LogP contribution is -2.38. The number of hydrogen-bond donors (Lipinski definition) is 1. The van der Waals surface area contributed by atoms with Gasteiger partial charge < -0.3 is 10.2 Å². The van der Waals surface area contributed by atoms with Crippen molar-refractivity contribution in [2.24, 2.45) is 5.92 Å². The third kappa shape index (κ3) is 2.68. The zero-order valence-electron chi connectivity index (χ0n) is 9.62. The van der Waals surface area contributed by atoms with Crippen LogP contribution in [0.15, 0.2) is 0 Å². The predicted molar refractivity (Wildman–Crippen MR) is 57.4 cm³/mol. The first-order chi connectivity index (χ1) is 7.10. The fraction of sp³-hybridized carbons (Fsp3) is 0.800. The summed E-state index contributed by atoms with van der Waals surface area (Å²) >= 11 is 0. The fourth-order valence-electron chi connectivity index (χ4n) is 1.75. The number of rotatable bonds is 5. The van der Waals surface area contributed by atoms with Gasteiger partial charge in [-0.25, -0.2) is 4.79 Å². The van der Waals surface area contributed by atoms with Crippen LogP contribution in [0.2, 0.25) is 0 Å². The smallest absolute Gasteiger partial charge is 0.319 e. The van der Waals surface area contributed by atoms with Crippen LogP contribution in [0.3, 0.4) is 0 Å². The van der Waals surface area contributed by atoms with E-state index in [1.54, 1.807) is 4.90 Å². The molecule has 0 aromatic carbocycles. The van der Waals surface area contributed by atoms with Crippen molar-refractivity contribution in [3.63, 3.8) is 0 Å². The molecule has 1 heterocycles. The molecule has 5 nitrogen and oxygen atoms in total. The molecule has 1 aliphatic heterocycles. The molecular formula is C10H19N3O2. The Hall–Kier alpha value is -1.10. The molecule has 0 aromatic heterocycles. The molecule has 0 aromatic rings. The summed E-state index contributed by atoms with van der Waals surface area (Å²) in [6.45, 7) is 6.05. The van der Waals surface area contributed by atoms with Crippen LogP contribution >= 0.6 is 0 Å². The maximum absolute atomic E-state index is 11.7. The second-order valence-corrected chi connectivity index (χ2v) is 3.96. The number of nitrogens with zero attached hydrogens (tertiary/aromatic N) is 2. The van der Waals surface area contributed by atoms with Crippen molar-refractivity contribution in [3.05, 3.63) is 0 Å². The summed E-state index contributed by atoms with van der Waals surface area (Å²) in [5.74, 6) is 0.213. The Morgan fingerprint density at radius 2 is 2.13 bits per heavy atom. The van der Waals surface area contributed by atoms with Gasteiger partial charge in [0.05, 0.1) is 0 Å². The Balaban J connectivity index is 2.54. The van der Waals surface area contributed by atoms with E-state index in [0.29, 0.717) is 19.0 Å². The third-order valence-electron chi connectivity index (χ3n) is 2.56. The van der Waals surface area contributed by atoms with Crippen molar-refractivity contribution >= 4 is 11.9 Å². The van der Waals surface area contributed by atoms with E-state index in [1.165, 1.54) is 4.90 Å². The van der Waals surface area contributed by atoms with E-state index < -0.39 is 0 Å². The van der Waals surface area contributed by atoms with E-state index in [9.17, 15) is 9.59 Å². The maximum Gasteiger partial charge on any atom is 0.327 e. The lowest BCUT2D eigenvalue weighted by Gasteiger charge is -2.19. The number of amides is 3. The van der Waals surface area contributed by atoms with E-state index in [1.807, 2.05) is 20.9 Å². The van der Waals surface area contributed by atoms with Crippen molar-refractivity contribution < 1.29 is 9.59 Å². The molecule has 0 aliphatic carbocycles. The standard InChI is InChI=1S/C10H19N3O2/c1-4-12-7-9(14)13(10(12)15)6-8(2)5-11-3/h8,11H,4-7H2,1-3H3. The predicted octanol–water partition coefficient (Wildman–Crippen LogP) is 0.126. The minimum Gasteiger partial charge on any atom is -0.319 e. The minimum atomic E-state index is -0.148. The van der Waals surface area contributed by atoms with E-state index in [-0.39, 0.29) is 18.5 Å². The number of imide groups is 1. The molecule has 0 radical (unpaired) electrons. The summed E-state index contributed by atoms with van der Waals surface area (Å²) in [7, 11) is 1.86. The average Bonchev–Trinajstić information content (AvgIpc) is 2.45. The molecular weight excluding hydrogens is 194 g/mol. The van der Waals surface area contributed by atoms with Gasteiger partial charge in [0.1, 0.15) is 6.54 Å². The highest BCUT2D eigenvalue weighted by Gasteiger charge is 2.35. The first-order valence-electron chi connectivity index (χ1n) is 5.34. The number of nitrogens with one attached hydrogen (secondary N) is 1. The molecule has 1 unspecified atom stereocenters. The zero-order valence-corrected chi connectivity index (χ0v) is 9.62. The van der Waals surface area contributed by atoms with Crippen LogP contribution in [0.25, 0.3) is 0 Å². The molecule has 0 spiro atoms. The van der Waals surface area contributed by atoms with Crippen LogP contribution in [0, 0.1) is 5.92 Å². The summed E-state index contributed by atoms with van der Waals surface area (Å²) in [6.07, 6.45) is 0. The van der Waals surface area contributed by atoms with Gasteiger partial charge in [0, 0.05) is 13.1 Å². The second-order valence-electron chi connectivity index (χ2n) is 3.96.